The lowest BCUT2D eigenvalue weighted by Crippen LogP contribution is -2.19. The highest BCUT2D eigenvalue weighted by Gasteiger charge is 2.22. The topological polar surface area (TPSA) is 122 Å². The molecule has 1 aliphatic rings. The van der Waals surface area contributed by atoms with Crippen molar-refractivity contribution >= 4 is 28.9 Å². The fraction of sp³-hybridized carbons (Fsp3) is 0.333. The van der Waals surface area contributed by atoms with E-state index >= 15 is 0 Å². The number of hydrogen-bond donors (Lipinski definition) is 3. The Morgan fingerprint density at radius 2 is 2.20 bits per heavy atom. The van der Waals surface area contributed by atoms with Crippen molar-refractivity contribution in [2.45, 2.75) is 19.3 Å². The van der Waals surface area contributed by atoms with Crippen LogP contribution in [0.15, 0.2) is 12.1 Å². The molecule has 3 N–H and O–H groups in total. The van der Waals surface area contributed by atoms with Crippen LogP contribution in [0.25, 0.3) is 0 Å². The summed E-state index contributed by atoms with van der Waals surface area (Å²) in [7, 11) is 0. The maximum absolute atomic E-state index is 11.3. The molecule has 8 heteroatoms. The lowest BCUT2D eigenvalue weighted by atomic mass is 10.0. The van der Waals surface area contributed by atoms with Crippen LogP contribution >= 0.6 is 0 Å². The molecule has 20 heavy (non-hydrogen) atoms. The number of rotatable bonds is 5. The number of aryl methyl sites for hydroxylation is 1. The third-order valence-electron chi connectivity index (χ3n) is 2.97. The lowest BCUT2D eigenvalue weighted by Gasteiger charge is -2.18. The van der Waals surface area contributed by atoms with E-state index in [1.54, 1.807) is 6.07 Å². The van der Waals surface area contributed by atoms with Crippen LogP contribution in [0.4, 0.5) is 17.1 Å². The van der Waals surface area contributed by atoms with E-state index in [9.17, 15) is 19.7 Å². The summed E-state index contributed by atoms with van der Waals surface area (Å²) >= 11 is 0. The van der Waals surface area contributed by atoms with Gasteiger partial charge in [-0.15, -0.1) is 0 Å². The van der Waals surface area contributed by atoms with Gasteiger partial charge < -0.3 is 15.7 Å². The van der Waals surface area contributed by atoms with Gasteiger partial charge in [-0.25, -0.2) is 0 Å². The Bertz CT molecular complexity index is 585. The van der Waals surface area contributed by atoms with Gasteiger partial charge in [-0.05, 0) is 18.1 Å². The van der Waals surface area contributed by atoms with E-state index in [1.165, 1.54) is 6.07 Å². The minimum Gasteiger partial charge on any atom is -0.481 e. The van der Waals surface area contributed by atoms with Crippen LogP contribution in [-0.4, -0.2) is 28.5 Å². The zero-order valence-corrected chi connectivity index (χ0v) is 10.5. The van der Waals surface area contributed by atoms with Crippen molar-refractivity contribution in [2.24, 2.45) is 0 Å². The Labute approximate surface area is 113 Å². The number of carboxylic acid groups (broad SMARTS) is 1. The molecule has 1 aromatic carbocycles. The number of hydrogen-bond acceptors (Lipinski definition) is 5. The van der Waals surface area contributed by atoms with Gasteiger partial charge in [0.15, 0.2) is 0 Å². The van der Waals surface area contributed by atoms with Crippen LogP contribution < -0.4 is 10.6 Å². The molecule has 106 valence electrons. The highest BCUT2D eigenvalue weighted by Crippen LogP contribution is 2.34. The zero-order valence-electron chi connectivity index (χ0n) is 10.5. The summed E-state index contributed by atoms with van der Waals surface area (Å²) in [5, 5.41) is 24.9. The zero-order chi connectivity index (χ0) is 14.7. The minimum atomic E-state index is -0.981. The van der Waals surface area contributed by atoms with E-state index in [4.69, 9.17) is 5.11 Å². The first-order valence-electron chi connectivity index (χ1n) is 6.04. The molecule has 0 spiro atoms. The van der Waals surface area contributed by atoms with Gasteiger partial charge in [-0.2, -0.15) is 0 Å². The Balaban J connectivity index is 2.27. The molecule has 0 fully saturated rings. The molecule has 0 aliphatic carbocycles. The summed E-state index contributed by atoms with van der Waals surface area (Å²) in [6, 6.07) is 2.89. The minimum absolute atomic E-state index is 0.0985. The van der Waals surface area contributed by atoms with E-state index in [-0.39, 0.29) is 30.2 Å². The summed E-state index contributed by atoms with van der Waals surface area (Å²) in [5.41, 5.74) is 1.33. The first kappa shape index (κ1) is 13.8. The third-order valence-corrected chi connectivity index (χ3v) is 2.97. The van der Waals surface area contributed by atoms with Crippen molar-refractivity contribution < 1.29 is 19.6 Å². The number of nitro benzene ring substituents is 1. The number of aliphatic carboxylic acids is 1. The summed E-state index contributed by atoms with van der Waals surface area (Å²) < 4.78 is 0. The van der Waals surface area contributed by atoms with Crippen molar-refractivity contribution in [3.05, 3.63) is 27.8 Å². The first-order valence-corrected chi connectivity index (χ1v) is 6.04. The van der Waals surface area contributed by atoms with Crippen LogP contribution in [0.3, 0.4) is 0 Å². The van der Waals surface area contributed by atoms with Gasteiger partial charge in [-0.3, -0.25) is 19.7 Å². The average Bonchev–Trinajstić information content (AvgIpc) is 2.37. The summed E-state index contributed by atoms with van der Waals surface area (Å²) in [4.78, 5) is 32.2. The number of nitrogens with zero attached hydrogens (tertiary/aromatic N) is 1. The number of carbonyl (C=O) groups is 2. The molecular weight excluding hydrogens is 266 g/mol. The Kier molecular flexibility index (Phi) is 3.83. The number of nitro groups is 1. The second kappa shape index (κ2) is 5.55. The van der Waals surface area contributed by atoms with Gasteiger partial charge in [-0.1, -0.05) is 0 Å². The Morgan fingerprint density at radius 3 is 2.85 bits per heavy atom. The lowest BCUT2D eigenvalue weighted by molar-refractivity contribution is -0.383. The van der Waals surface area contributed by atoms with Crippen molar-refractivity contribution in [2.75, 3.05) is 17.2 Å². The number of anilines is 2. The van der Waals surface area contributed by atoms with Crippen LogP contribution in [0, 0.1) is 10.1 Å². The fourth-order valence-electron chi connectivity index (χ4n) is 2.01. The van der Waals surface area contributed by atoms with Gasteiger partial charge in [0.05, 0.1) is 17.0 Å². The standard InChI is InChI=1S/C12H13N3O5/c16-11-2-1-7-5-9(13-4-3-12(17)18)10(15(19)20)6-8(7)14-11/h5-6,13H,1-4H2,(H,14,16)(H,17,18). The molecule has 0 atom stereocenters. The summed E-state index contributed by atoms with van der Waals surface area (Å²) in [5.74, 6) is -1.15. The normalized spacial score (nSPS) is 13.3. The monoisotopic (exact) mass is 279 g/mol. The van der Waals surface area contributed by atoms with E-state index in [0.717, 1.165) is 5.56 Å². The molecule has 0 unspecified atom stereocenters. The molecule has 1 aromatic rings. The quantitative estimate of drug-likeness (QED) is 0.552. The third kappa shape index (κ3) is 3.02. The van der Waals surface area contributed by atoms with Gasteiger partial charge in [0.2, 0.25) is 5.91 Å². The number of benzene rings is 1. The second-order valence-electron chi connectivity index (χ2n) is 4.40. The highest BCUT2D eigenvalue weighted by atomic mass is 16.6. The van der Waals surface area contributed by atoms with Crippen molar-refractivity contribution in [1.29, 1.82) is 0 Å². The fourth-order valence-corrected chi connectivity index (χ4v) is 2.01. The molecule has 1 aliphatic heterocycles. The maximum atomic E-state index is 11.3. The molecular formula is C12H13N3O5. The predicted octanol–water partition coefficient (Wildman–Crippen LogP) is 1.37. The van der Waals surface area contributed by atoms with Crippen LogP contribution in [0.5, 0.6) is 0 Å². The maximum Gasteiger partial charge on any atom is 0.305 e. The smallest absolute Gasteiger partial charge is 0.305 e. The summed E-state index contributed by atoms with van der Waals surface area (Å²) in [6.07, 6.45) is 0.705. The van der Waals surface area contributed by atoms with E-state index in [0.29, 0.717) is 18.5 Å². The number of amides is 1. The summed E-state index contributed by atoms with van der Waals surface area (Å²) in [6.45, 7) is 0.0985. The van der Waals surface area contributed by atoms with Crippen LogP contribution in [-0.2, 0) is 16.0 Å². The molecule has 0 aromatic heterocycles. The van der Waals surface area contributed by atoms with Crippen molar-refractivity contribution in [3.8, 4) is 0 Å². The molecule has 1 amide bonds. The van der Waals surface area contributed by atoms with Crippen LogP contribution in [0.2, 0.25) is 0 Å². The molecule has 8 nitrogen and oxygen atoms in total. The van der Waals surface area contributed by atoms with Crippen molar-refractivity contribution in [1.82, 2.24) is 0 Å². The van der Waals surface area contributed by atoms with Gasteiger partial charge in [0, 0.05) is 19.0 Å². The molecule has 0 bridgehead atoms. The molecule has 0 radical (unpaired) electrons. The van der Waals surface area contributed by atoms with Crippen molar-refractivity contribution in [3.63, 3.8) is 0 Å². The van der Waals surface area contributed by atoms with Crippen LogP contribution in [0.1, 0.15) is 18.4 Å². The SMILES string of the molecule is O=C(O)CCNc1cc2c(cc1[N+](=O)[O-])NC(=O)CC2. The van der Waals surface area contributed by atoms with E-state index in [2.05, 4.69) is 10.6 Å². The number of carboxylic acids is 1. The Hall–Kier alpha value is -2.64. The average molecular weight is 279 g/mol. The number of carbonyl (C=O) groups excluding carboxylic acids is 1. The molecule has 2 rings (SSSR count). The number of nitrogens with one attached hydrogen (secondary N) is 2. The highest BCUT2D eigenvalue weighted by molar-refractivity contribution is 5.95. The first-order chi connectivity index (χ1) is 9.47. The molecule has 0 saturated carbocycles. The molecule has 1 heterocycles. The second-order valence-corrected chi connectivity index (χ2v) is 4.40. The van der Waals surface area contributed by atoms with Gasteiger partial charge >= 0.3 is 5.97 Å². The molecule has 0 saturated heterocycles. The Morgan fingerprint density at radius 1 is 1.45 bits per heavy atom. The predicted molar refractivity (Wildman–Crippen MR) is 70.8 cm³/mol. The van der Waals surface area contributed by atoms with Gasteiger partial charge in [0.25, 0.3) is 5.69 Å². The number of fused-ring (bicyclic) bond motifs is 1. The van der Waals surface area contributed by atoms with E-state index < -0.39 is 10.9 Å². The van der Waals surface area contributed by atoms with Gasteiger partial charge in [0.1, 0.15) is 5.69 Å². The largest absolute Gasteiger partial charge is 0.481 e. The van der Waals surface area contributed by atoms with E-state index in [1.807, 2.05) is 0 Å².